The van der Waals surface area contributed by atoms with Crippen molar-refractivity contribution in [3.63, 3.8) is 0 Å². The van der Waals surface area contributed by atoms with Gasteiger partial charge in [0.2, 0.25) is 10.0 Å². The smallest absolute Gasteiger partial charge is 0.272 e. The van der Waals surface area contributed by atoms with Crippen molar-refractivity contribution >= 4 is 38.2 Å². The van der Waals surface area contributed by atoms with Crippen LogP contribution in [0.25, 0.3) is 10.9 Å². The van der Waals surface area contributed by atoms with Crippen molar-refractivity contribution in [1.82, 2.24) is 4.98 Å². The number of benzene rings is 2. The second-order valence-electron chi connectivity index (χ2n) is 5.66. The number of anilines is 2. The zero-order chi connectivity index (χ0) is 18.9. The number of carbonyl (C=O) groups excluding carboxylic acids is 1. The van der Waals surface area contributed by atoms with Crippen molar-refractivity contribution in [3.8, 4) is 5.75 Å². The summed E-state index contributed by atoms with van der Waals surface area (Å²) in [6, 6.07) is 10.2. The highest BCUT2D eigenvalue weighted by molar-refractivity contribution is 7.92. The molecular formula is C17H16FN3O4S. The van der Waals surface area contributed by atoms with Crippen LogP contribution in [-0.4, -0.2) is 32.7 Å². The van der Waals surface area contributed by atoms with Gasteiger partial charge in [0, 0.05) is 22.7 Å². The van der Waals surface area contributed by atoms with Crippen molar-refractivity contribution in [1.29, 1.82) is 0 Å². The number of halogens is 1. The van der Waals surface area contributed by atoms with Gasteiger partial charge in [-0.3, -0.25) is 9.52 Å². The van der Waals surface area contributed by atoms with Crippen LogP contribution in [0.2, 0.25) is 0 Å². The van der Waals surface area contributed by atoms with E-state index in [1.54, 1.807) is 12.1 Å². The molecule has 0 atom stereocenters. The normalized spacial score (nSPS) is 11.3. The molecule has 0 saturated heterocycles. The second kappa shape index (κ2) is 6.68. The summed E-state index contributed by atoms with van der Waals surface area (Å²) in [7, 11) is -2.07. The Morgan fingerprint density at radius 1 is 1.15 bits per heavy atom. The molecule has 0 aliphatic heterocycles. The summed E-state index contributed by atoms with van der Waals surface area (Å²) >= 11 is 0. The number of fused-ring (bicyclic) bond motifs is 1. The minimum Gasteiger partial charge on any atom is -0.494 e. The fraction of sp³-hybridized carbons (Fsp3) is 0.118. The van der Waals surface area contributed by atoms with Gasteiger partial charge in [-0.15, -0.1) is 0 Å². The quantitative estimate of drug-likeness (QED) is 0.636. The average Bonchev–Trinajstić information content (AvgIpc) is 2.98. The number of nitrogens with one attached hydrogen (secondary N) is 3. The van der Waals surface area contributed by atoms with E-state index in [2.05, 4.69) is 15.0 Å². The Labute approximate surface area is 149 Å². The van der Waals surface area contributed by atoms with Crippen molar-refractivity contribution in [2.24, 2.45) is 0 Å². The van der Waals surface area contributed by atoms with Crippen molar-refractivity contribution in [2.75, 3.05) is 23.4 Å². The Balaban J connectivity index is 1.84. The van der Waals surface area contributed by atoms with Crippen LogP contribution in [0.3, 0.4) is 0 Å². The van der Waals surface area contributed by atoms with E-state index in [-0.39, 0.29) is 22.9 Å². The van der Waals surface area contributed by atoms with E-state index in [1.165, 1.54) is 37.4 Å². The van der Waals surface area contributed by atoms with Crippen LogP contribution in [-0.2, 0) is 10.0 Å². The minimum absolute atomic E-state index is 0.256. The molecule has 0 unspecified atom stereocenters. The summed E-state index contributed by atoms with van der Waals surface area (Å²) in [5, 5.41) is 3.26. The molecule has 1 heterocycles. The molecule has 0 saturated carbocycles. The average molecular weight is 377 g/mol. The Morgan fingerprint density at radius 3 is 2.62 bits per heavy atom. The molecule has 3 rings (SSSR count). The number of hydrogen-bond acceptors (Lipinski definition) is 4. The van der Waals surface area contributed by atoms with Gasteiger partial charge in [0.05, 0.1) is 19.1 Å². The van der Waals surface area contributed by atoms with Gasteiger partial charge < -0.3 is 15.0 Å². The maximum Gasteiger partial charge on any atom is 0.272 e. The van der Waals surface area contributed by atoms with E-state index in [0.717, 1.165) is 6.26 Å². The highest BCUT2D eigenvalue weighted by Crippen LogP contribution is 2.29. The molecule has 9 heteroatoms. The number of aromatic amines is 1. The third kappa shape index (κ3) is 3.94. The highest BCUT2D eigenvalue weighted by Gasteiger charge is 2.13. The summed E-state index contributed by atoms with van der Waals surface area (Å²) in [6.45, 7) is 0. The second-order valence-corrected chi connectivity index (χ2v) is 7.41. The third-order valence-corrected chi connectivity index (χ3v) is 4.17. The van der Waals surface area contributed by atoms with Gasteiger partial charge in [-0.05, 0) is 36.4 Å². The van der Waals surface area contributed by atoms with Gasteiger partial charge in [0.15, 0.2) is 0 Å². The van der Waals surface area contributed by atoms with Crippen LogP contribution in [0.1, 0.15) is 10.5 Å². The van der Waals surface area contributed by atoms with Gasteiger partial charge >= 0.3 is 0 Å². The summed E-state index contributed by atoms with van der Waals surface area (Å²) in [6.07, 6.45) is 1.03. The molecule has 3 N–H and O–H groups in total. The first kappa shape index (κ1) is 17.7. The fourth-order valence-corrected chi connectivity index (χ4v) is 3.05. The largest absolute Gasteiger partial charge is 0.494 e. The molecule has 0 radical (unpaired) electrons. The predicted molar refractivity (Wildman–Crippen MR) is 97.7 cm³/mol. The number of amides is 1. The van der Waals surface area contributed by atoms with Crippen molar-refractivity contribution in [3.05, 3.63) is 54.0 Å². The number of sulfonamides is 1. The first-order valence-corrected chi connectivity index (χ1v) is 9.40. The molecule has 136 valence electrons. The lowest BCUT2D eigenvalue weighted by Gasteiger charge is -2.12. The van der Waals surface area contributed by atoms with Gasteiger partial charge in [-0.2, -0.15) is 0 Å². The minimum atomic E-state index is -3.46. The molecule has 1 amide bonds. The van der Waals surface area contributed by atoms with Crippen LogP contribution in [0.4, 0.5) is 15.8 Å². The van der Waals surface area contributed by atoms with E-state index < -0.39 is 15.9 Å². The number of hydrogen-bond donors (Lipinski definition) is 3. The lowest BCUT2D eigenvalue weighted by Crippen LogP contribution is -2.13. The molecule has 1 aromatic heterocycles. The Morgan fingerprint density at radius 2 is 1.92 bits per heavy atom. The van der Waals surface area contributed by atoms with Crippen LogP contribution in [0.5, 0.6) is 5.75 Å². The number of carbonyl (C=O) groups is 1. The van der Waals surface area contributed by atoms with Crippen LogP contribution in [0, 0.1) is 5.82 Å². The molecule has 3 aromatic rings. The molecule has 0 fully saturated rings. The SMILES string of the molecule is COc1cc(NC(=O)c2cc3cc(F)ccc3[nH]2)ccc1NS(C)(=O)=O. The molecule has 2 aromatic carbocycles. The summed E-state index contributed by atoms with van der Waals surface area (Å²) in [4.78, 5) is 15.3. The van der Waals surface area contributed by atoms with E-state index in [9.17, 15) is 17.6 Å². The topological polar surface area (TPSA) is 100 Å². The van der Waals surface area contributed by atoms with Crippen LogP contribution in [0.15, 0.2) is 42.5 Å². The molecule has 26 heavy (non-hydrogen) atoms. The number of ether oxygens (including phenoxy) is 1. The lowest BCUT2D eigenvalue weighted by atomic mass is 10.2. The summed E-state index contributed by atoms with van der Waals surface area (Å²) < 4.78 is 43.5. The number of methoxy groups -OCH3 is 1. The maximum absolute atomic E-state index is 13.3. The van der Waals surface area contributed by atoms with E-state index in [0.29, 0.717) is 16.6 Å². The Bertz CT molecular complexity index is 1090. The number of H-pyrrole nitrogens is 1. The van der Waals surface area contributed by atoms with E-state index >= 15 is 0 Å². The zero-order valence-corrected chi connectivity index (χ0v) is 14.8. The maximum atomic E-state index is 13.3. The Hall–Kier alpha value is -3.07. The first-order valence-electron chi connectivity index (χ1n) is 7.50. The molecule has 0 spiro atoms. The van der Waals surface area contributed by atoms with Crippen molar-refractivity contribution in [2.45, 2.75) is 0 Å². The third-order valence-electron chi connectivity index (χ3n) is 3.58. The summed E-state index contributed by atoms with van der Waals surface area (Å²) in [5.74, 6) is -0.554. The monoisotopic (exact) mass is 377 g/mol. The number of aromatic nitrogens is 1. The van der Waals surface area contributed by atoms with Gasteiger partial charge in [0.1, 0.15) is 17.3 Å². The van der Waals surface area contributed by atoms with E-state index in [1.807, 2.05) is 0 Å². The van der Waals surface area contributed by atoms with Gasteiger partial charge in [-0.1, -0.05) is 0 Å². The first-order chi connectivity index (χ1) is 12.2. The number of rotatable bonds is 5. The van der Waals surface area contributed by atoms with Crippen LogP contribution < -0.4 is 14.8 Å². The molecule has 7 nitrogen and oxygen atoms in total. The lowest BCUT2D eigenvalue weighted by molar-refractivity contribution is 0.102. The fourth-order valence-electron chi connectivity index (χ4n) is 2.48. The summed E-state index contributed by atoms with van der Waals surface area (Å²) in [5.41, 5.74) is 1.58. The van der Waals surface area contributed by atoms with Crippen molar-refractivity contribution < 1.29 is 22.3 Å². The molecular weight excluding hydrogens is 361 g/mol. The Kier molecular flexibility index (Phi) is 4.56. The predicted octanol–water partition coefficient (Wildman–Crippen LogP) is 2.94. The van der Waals surface area contributed by atoms with Gasteiger partial charge in [-0.25, -0.2) is 12.8 Å². The highest BCUT2D eigenvalue weighted by atomic mass is 32.2. The molecule has 0 aliphatic rings. The van der Waals surface area contributed by atoms with Crippen LogP contribution >= 0.6 is 0 Å². The van der Waals surface area contributed by atoms with Gasteiger partial charge in [0.25, 0.3) is 5.91 Å². The molecule has 0 bridgehead atoms. The zero-order valence-electron chi connectivity index (χ0n) is 14.0. The van der Waals surface area contributed by atoms with E-state index in [4.69, 9.17) is 4.74 Å². The standard InChI is InChI=1S/C17H16FN3O4S/c1-25-16-9-12(4-6-14(16)21-26(2,23)24)19-17(22)15-8-10-7-11(18)3-5-13(10)20-15/h3-9,20-21H,1-2H3,(H,19,22). The molecule has 0 aliphatic carbocycles.